The second-order valence-corrected chi connectivity index (χ2v) is 9.81. The Morgan fingerprint density at radius 3 is 2.50 bits per heavy atom. The van der Waals surface area contributed by atoms with Crippen LogP contribution in [0.3, 0.4) is 0 Å². The fourth-order valence-electron chi connectivity index (χ4n) is 3.85. The molecule has 1 aliphatic carbocycles. The first-order valence-corrected chi connectivity index (χ1v) is 12.5. The van der Waals surface area contributed by atoms with E-state index in [1.807, 2.05) is 38.1 Å². The number of aryl methyl sites for hydroxylation is 1. The molecule has 8 heteroatoms. The molecule has 0 saturated heterocycles. The first-order valence-electron chi connectivity index (χ1n) is 11.0. The highest BCUT2D eigenvalue weighted by Crippen LogP contribution is 2.28. The summed E-state index contributed by atoms with van der Waals surface area (Å²) in [5.74, 6) is 0.190. The van der Waals surface area contributed by atoms with Crippen LogP contribution in [-0.2, 0) is 14.8 Å². The van der Waals surface area contributed by atoms with Crippen molar-refractivity contribution in [3.63, 3.8) is 0 Å². The normalized spacial score (nSPS) is 15.2. The third-order valence-corrected chi connectivity index (χ3v) is 7.43. The van der Waals surface area contributed by atoms with E-state index in [0.717, 1.165) is 43.2 Å². The van der Waals surface area contributed by atoms with Crippen molar-refractivity contribution in [2.24, 2.45) is 5.10 Å². The zero-order valence-electron chi connectivity index (χ0n) is 18.7. The van der Waals surface area contributed by atoms with Gasteiger partial charge in [0.1, 0.15) is 5.75 Å². The van der Waals surface area contributed by atoms with Crippen LogP contribution in [0.25, 0.3) is 0 Å². The van der Waals surface area contributed by atoms with Crippen LogP contribution in [0.2, 0.25) is 0 Å². The number of amides is 1. The molecule has 2 aromatic carbocycles. The molecule has 0 bridgehead atoms. The van der Waals surface area contributed by atoms with Crippen molar-refractivity contribution in [3.05, 3.63) is 59.7 Å². The number of sulfonamides is 1. The maximum Gasteiger partial charge on any atom is 0.255 e. The summed E-state index contributed by atoms with van der Waals surface area (Å²) in [6, 6.07) is 13.9. The smallest absolute Gasteiger partial charge is 0.255 e. The van der Waals surface area contributed by atoms with Gasteiger partial charge in [0.05, 0.1) is 24.3 Å². The summed E-state index contributed by atoms with van der Waals surface area (Å²) in [6.45, 7) is 4.05. The Bertz CT molecular complexity index is 1030. The molecule has 0 aromatic heterocycles. The molecule has 2 aromatic rings. The summed E-state index contributed by atoms with van der Waals surface area (Å²) in [6.07, 6.45) is 6.01. The van der Waals surface area contributed by atoms with Crippen LogP contribution in [-0.4, -0.2) is 44.0 Å². The molecule has 32 heavy (non-hydrogen) atoms. The molecule has 0 radical (unpaired) electrons. The van der Waals surface area contributed by atoms with E-state index in [1.54, 1.807) is 24.3 Å². The van der Waals surface area contributed by atoms with E-state index in [0.29, 0.717) is 12.4 Å². The molecule has 0 aliphatic heterocycles. The lowest BCUT2D eigenvalue weighted by molar-refractivity contribution is -0.121. The summed E-state index contributed by atoms with van der Waals surface area (Å²) >= 11 is 0. The Labute approximate surface area is 190 Å². The van der Waals surface area contributed by atoms with Gasteiger partial charge in [-0.25, -0.2) is 13.8 Å². The average molecular weight is 458 g/mol. The van der Waals surface area contributed by atoms with Gasteiger partial charge in [0.2, 0.25) is 10.0 Å². The molecule has 0 unspecified atom stereocenters. The van der Waals surface area contributed by atoms with Crippen molar-refractivity contribution >= 4 is 22.1 Å². The Hall–Kier alpha value is -2.71. The van der Waals surface area contributed by atoms with Gasteiger partial charge in [0, 0.05) is 11.6 Å². The van der Waals surface area contributed by atoms with Gasteiger partial charge < -0.3 is 4.74 Å². The molecular weight excluding hydrogens is 426 g/mol. The van der Waals surface area contributed by atoms with Gasteiger partial charge in [0.15, 0.2) is 0 Å². The standard InChI is InChI=1S/C24H31N3O4S/c1-3-31-23-12-8-7-9-20(23)17-25-26-24(28)18-27(21-10-5-4-6-11-21)32(29,30)22-15-13-19(2)14-16-22/h7-9,12-17,21H,3-6,10-11,18H2,1-2H3,(H,26,28)/b25-17+. The van der Waals surface area contributed by atoms with Crippen LogP contribution < -0.4 is 10.2 Å². The molecular formula is C24H31N3O4S. The Morgan fingerprint density at radius 2 is 1.81 bits per heavy atom. The summed E-state index contributed by atoms with van der Waals surface area (Å²) in [7, 11) is -3.80. The average Bonchev–Trinajstić information content (AvgIpc) is 2.79. The van der Waals surface area contributed by atoms with E-state index >= 15 is 0 Å². The maximum absolute atomic E-state index is 13.4. The highest BCUT2D eigenvalue weighted by atomic mass is 32.2. The minimum atomic E-state index is -3.80. The van der Waals surface area contributed by atoms with Crippen LogP contribution in [0.1, 0.15) is 50.2 Å². The van der Waals surface area contributed by atoms with Crippen LogP contribution in [0, 0.1) is 6.92 Å². The molecule has 0 spiro atoms. The van der Waals surface area contributed by atoms with Crippen LogP contribution in [0.4, 0.5) is 0 Å². The maximum atomic E-state index is 13.4. The molecule has 3 rings (SSSR count). The quantitative estimate of drug-likeness (QED) is 0.457. The van der Waals surface area contributed by atoms with Gasteiger partial charge in [-0.2, -0.15) is 9.41 Å². The summed E-state index contributed by atoms with van der Waals surface area (Å²) in [5.41, 5.74) is 4.18. The number of hydrazone groups is 1. The molecule has 0 heterocycles. The zero-order valence-corrected chi connectivity index (χ0v) is 19.5. The van der Waals surface area contributed by atoms with E-state index < -0.39 is 15.9 Å². The number of benzene rings is 2. The van der Waals surface area contributed by atoms with Crippen molar-refractivity contribution in [1.82, 2.24) is 9.73 Å². The lowest BCUT2D eigenvalue weighted by atomic mass is 9.95. The molecule has 1 amide bonds. The number of ether oxygens (including phenoxy) is 1. The number of nitrogens with zero attached hydrogens (tertiary/aromatic N) is 2. The SMILES string of the molecule is CCOc1ccccc1/C=N/NC(=O)CN(C1CCCCC1)S(=O)(=O)c1ccc(C)cc1. The molecule has 7 nitrogen and oxygen atoms in total. The molecule has 1 aliphatic rings. The number of nitrogens with one attached hydrogen (secondary N) is 1. The predicted octanol–water partition coefficient (Wildman–Crippen LogP) is 3.87. The molecule has 172 valence electrons. The van der Waals surface area contributed by atoms with Crippen molar-refractivity contribution in [2.75, 3.05) is 13.2 Å². The summed E-state index contributed by atoms with van der Waals surface area (Å²) < 4.78 is 33.7. The Morgan fingerprint density at radius 1 is 1.12 bits per heavy atom. The monoisotopic (exact) mass is 457 g/mol. The predicted molar refractivity (Wildman–Crippen MR) is 125 cm³/mol. The number of carbonyl (C=O) groups excluding carboxylic acids is 1. The highest BCUT2D eigenvalue weighted by Gasteiger charge is 2.33. The zero-order chi connectivity index (χ0) is 23.0. The molecule has 1 saturated carbocycles. The first kappa shape index (κ1) is 23.9. The molecule has 1 fully saturated rings. The van der Waals surface area contributed by atoms with Gasteiger partial charge >= 0.3 is 0 Å². The largest absolute Gasteiger partial charge is 0.493 e. The van der Waals surface area contributed by atoms with Crippen molar-refractivity contribution in [3.8, 4) is 5.75 Å². The van der Waals surface area contributed by atoms with E-state index in [1.165, 1.54) is 10.5 Å². The minimum absolute atomic E-state index is 0.191. The van der Waals surface area contributed by atoms with E-state index in [4.69, 9.17) is 4.74 Å². The summed E-state index contributed by atoms with van der Waals surface area (Å²) in [5, 5.41) is 4.02. The molecule has 1 N–H and O–H groups in total. The Balaban J connectivity index is 1.75. The minimum Gasteiger partial charge on any atom is -0.493 e. The molecule has 0 atom stereocenters. The lowest BCUT2D eigenvalue weighted by Gasteiger charge is -2.32. The van der Waals surface area contributed by atoms with E-state index in [9.17, 15) is 13.2 Å². The van der Waals surface area contributed by atoms with Gasteiger partial charge in [0.25, 0.3) is 5.91 Å². The highest BCUT2D eigenvalue weighted by molar-refractivity contribution is 7.89. The Kier molecular flexibility index (Phi) is 8.41. The number of para-hydroxylation sites is 1. The lowest BCUT2D eigenvalue weighted by Crippen LogP contribution is -2.46. The fraction of sp³-hybridized carbons (Fsp3) is 0.417. The second kappa shape index (κ2) is 11.2. The van der Waals surface area contributed by atoms with Gasteiger partial charge in [-0.15, -0.1) is 0 Å². The van der Waals surface area contributed by atoms with Gasteiger partial charge in [-0.1, -0.05) is 49.1 Å². The third kappa shape index (κ3) is 6.17. The van der Waals surface area contributed by atoms with Crippen LogP contribution in [0.5, 0.6) is 5.75 Å². The number of rotatable bonds is 9. The van der Waals surface area contributed by atoms with E-state index in [-0.39, 0.29) is 17.5 Å². The van der Waals surface area contributed by atoms with Gasteiger partial charge in [-0.3, -0.25) is 4.79 Å². The van der Waals surface area contributed by atoms with Crippen LogP contribution >= 0.6 is 0 Å². The van der Waals surface area contributed by atoms with Crippen LogP contribution in [0.15, 0.2) is 58.5 Å². The van der Waals surface area contributed by atoms with Crippen molar-refractivity contribution < 1.29 is 17.9 Å². The fourth-order valence-corrected chi connectivity index (χ4v) is 5.49. The number of carbonyl (C=O) groups is 1. The first-order chi connectivity index (χ1) is 15.4. The third-order valence-electron chi connectivity index (χ3n) is 5.52. The van der Waals surface area contributed by atoms with Crippen molar-refractivity contribution in [2.45, 2.75) is 56.9 Å². The second-order valence-electron chi connectivity index (χ2n) is 7.92. The topological polar surface area (TPSA) is 88.1 Å². The summed E-state index contributed by atoms with van der Waals surface area (Å²) in [4.78, 5) is 12.9. The van der Waals surface area contributed by atoms with Crippen molar-refractivity contribution in [1.29, 1.82) is 0 Å². The number of hydrogen-bond acceptors (Lipinski definition) is 5. The number of hydrogen-bond donors (Lipinski definition) is 1. The van der Waals surface area contributed by atoms with E-state index in [2.05, 4.69) is 10.5 Å². The van der Waals surface area contributed by atoms with Gasteiger partial charge in [-0.05, 0) is 51.0 Å².